The smallest absolute Gasteiger partial charge is 0.338 e. The zero-order valence-electron chi connectivity index (χ0n) is 16.7. The van der Waals surface area contributed by atoms with Crippen LogP contribution in [0.1, 0.15) is 46.2 Å². The van der Waals surface area contributed by atoms with Gasteiger partial charge >= 0.3 is 12.0 Å². The molecular weight excluding hydrogens is 346 g/mol. The lowest BCUT2D eigenvalue weighted by molar-refractivity contribution is -0.139. The van der Waals surface area contributed by atoms with E-state index in [2.05, 4.69) is 10.6 Å². The maximum Gasteiger partial charge on any atom is 0.338 e. The molecule has 1 aromatic rings. The molecule has 146 valence electrons. The highest BCUT2D eigenvalue weighted by Crippen LogP contribution is 2.31. The van der Waals surface area contributed by atoms with Crippen LogP contribution in [0.3, 0.4) is 0 Å². The Bertz CT molecular complexity index is 775. The number of amides is 3. The summed E-state index contributed by atoms with van der Waals surface area (Å²) in [5.74, 6) is -0.553. The summed E-state index contributed by atoms with van der Waals surface area (Å²) in [5, 5.41) is 5.68. The van der Waals surface area contributed by atoms with Crippen molar-refractivity contribution in [2.45, 2.75) is 40.7 Å². The molecule has 0 fully saturated rings. The summed E-state index contributed by atoms with van der Waals surface area (Å²) in [4.78, 5) is 38.2. The van der Waals surface area contributed by atoms with Crippen molar-refractivity contribution in [3.05, 3.63) is 41.1 Å². The molecule has 7 heteroatoms. The van der Waals surface area contributed by atoms with Crippen molar-refractivity contribution in [1.82, 2.24) is 10.2 Å². The van der Waals surface area contributed by atoms with Gasteiger partial charge in [0.15, 0.2) is 0 Å². The van der Waals surface area contributed by atoms with Crippen LogP contribution in [0.4, 0.5) is 10.5 Å². The molecule has 0 saturated heterocycles. The molecule has 1 atom stereocenters. The first-order valence-electron chi connectivity index (χ1n) is 8.89. The Morgan fingerprint density at radius 3 is 2.33 bits per heavy atom. The third-order valence-electron chi connectivity index (χ3n) is 4.43. The second-order valence-corrected chi connectivity index (χ2v) is 7.49. The molecule has 0 aliphatic carbocycles. The van der Waals surface area contributed by atoms with Gasteiger partial charge in [-0.2, -0.15) is 0 Å². The van der Waals surface area contributed by atoms with E-state index in [0.29, 0.717) is 17.0 Å². The van der Waals surface area contributed by atoms with Crippen LogP contribution in [0.15, 0.2) is 35.5 Å². The fourth-order valence-corrected chi connectivity index (χ4v) is 2.64. The van der Waals surface area contributed by atoms with Crippen LogP contribution in [0, 0.1) is 5.41 Å². The number of esters is 1. The van der Waals surface area contributed by atoms with Gasteiger partial charge < -0.3 is 20.3 Å². The molecule has 1 aliphatic heterocycles. The molecule has 7 nitrogen and oxygen atoms in total. The van der Waals surface area contributed by atoms with Gasteiger partial charge in [-0.1, -0.05) is 32.9 Å². The topological polar surface area (TPSA) is 87.7 Å². The number of rotatable bonds is 4. The summed E-state index contributed by atoms with van der Waals surface area (Å²) in [6.45, 7) is 9.21. The van der Waals surface area contributed by atoms with Crippen molar-refractivity contribution in [3.8, 4) is 0 Å². The molecule has 2 N–H and O–H groups in total. The largest absolute Gasteiger partial charge is 0.463 e. The third-order valence-corrected chi connectivity index (χ3v) is 4.43. The SMILES string of the molecule is CCOC(=O)C1=C(C)N(C)C(=O)NC1c1ccc(NC(=O)C(C)(C)C)cc1. The lowest BCUT2D eigenvalue weighted by Gasteiger charge is -2.33. The molecule has 0 saturated carbocycles. The first-order chi connectivity index (χ1) is 12.6. The van der Waals surface area contributed by atoms with Crippen molar-refractivity contribution >= 4 is 23.6 Å². The number of hydrogen-bond donors (Lipinski definition) is 2. The van der Waals surface area contributed by atoms with Crippen molar-refractivity contribution in [1.29, 1.82) is 0 Å². The minimum absolute atomic E-state index is 0.0919. The molecule has 0 radical (unpaired) electrons. The number of carbonyl (C=O) groups excluding carboxylic acids is 3. The van der Waals surface area contributed by atoms with Gasteiger partial charge in [-0.15, -0.1) is 0 Å². The van der Waals surface area contributed by atoms with Crippen molar-refractivity contribution in [2.75, 3.05) is 19.0 Å². The Morgan fingerprint density at radius 1 is 1.22 bits per heavy atom. The Labute approximate surface area is 159 Å². The van der Waals surface area contributed by atoms with E-state index in [1.54, 1.807) is 45.2 Å². The lowest BCUT2D eigenvalue weighted by Crippen LogP contribution is -2.46. The molecule has 1 aliphatic rings. The zero-order valence-corrected chi connectivity index (χ0v) is 16.7. The fraction of sp³-hybridized carbons (Fsp3) is 0.450. The van der Waals surface area contributed by atoms with Crippen LogP contribution in [-0.4, -0.2) is 36.5 Å². The third kappa shape index (κ3) is 4.48. The standard InChI is InChI=1S/C20H27N3O4/c1-7-27-17(24)15-12(2)23(6)19(26)22-16(15)13-8-10-14(11-9-13)21-18(25)20(3,4)5/h8-11,16H,7H2,1-6H3,(H,21,25)(H,22,26). The van der Waals surface area contributed by atoms with Crippen LogP contribution in [0.25, 0.3) is 0 Å². The quantitative estimate of drug-likeness (QED) is 0.794. The van der Waals surface area contributed by atoms with Gasteiger partial charge in [-0.25, -0.2) is 9.59 Å². The summed E-state index contributed by atoms with van der Waals surface area (Å²) in [6.07, 6.45) is 0. The number of benzene rings is 1. The summed E-state index contributed by atoms with van der Waals surface area (Å²) in [6, 6.07) is 6.15. The molecule has 0 spiro atoms. The van der Waals surface area contributed by atoms with Crippen molar-refractivity contribution in [3.63, 3.8) is 0 Å². The van der Waals surface area contributed by atoms with Gasteiger partial charge in [0.2, 0.25) is 5.91 Å². The number of ether oxygens (including phenoxy) is 1. The molecule has 27 heavy (non-hydrogen) atoms. The van der Waals surface area contributed by atoms with Gasteiger partial charge in [0.05, 0.1) is 18.2 Å². The normalized spacial score (nSPS) is 17.5. The van der Waals surface area contributed by atoms with Gasteiger partial charge in [-0.3, -0.25) is 4.79 Å². The highest BCUT2D eigenvalue weighted by Gasteiger charge is 2.34. The van der Waals surface area contributed by atoms with Crippen LogP contribution in [0.2, 0.25) is 0 Å². The predicted molar refractivity (Wildman–Crippen MR) is 103 cm³/mol. The second-order valence-electron chi connectivity index (χ2n) is 7.49. The average molecular weight is 373 g/mol. The Balaban J connectivity index is 2.33. The Kier molecular flexibility index (Phi) is 5.93. The average Bonchev–Trinajstić information content (AvgIpc) is 2.59. The molecule has 0 aromatic heterocycles. The van der Waals surface area contributed by atoms with Gasteiger partial charge in [-0.05, 0) is 31.5 Å². The number of urea groups is 1. The van der Waals surface area contributed by atoms with Crippen molar-refractivity contribution in [2.24, 2.45) is 5.41 Å². The molecule has 1 heterocycles. The summed E-state index contributed by atoms with van der Waals surface area (Å²) >= 11 is 0. The molecule has 1 unspecified atom stereocenters. The van der Waals surface area contributed by atoms with E-state index in [-0.39, 0.29) is 18.5 Å². The molecule has 1 aromatic carbocycles. The number of anilines is 1. The van der Waals surface area contributed by atoms with E-state index < -0.39 is 17.4 Å². The monoisotopic (exact) mass is 373 g/mol. The zero-order chi connectivity index (χ0) is 20.4. The summed E-state index contributed by atoms with van der Waals surface area (Å²) in [5.41, 5.74) is 1.82. The van der Waals surface area contributed by atoms with Gasteiger partial charge in [0.25, 0.3) is 0 Å². The maximum atomic E-state index is 12.5. The Morgan fingerprint density at radius 2 is 1.81 bits per heavy atom. The Hall–Kier alpha value is -2.83. The molecule has 2 rings (SSSR count). The minimum atomic E-state index is -0.611. The molecule has 3 amide bonds. The summed E-state index contributed by atoms with van der Waals surface area (Å²) in [7, 11) is 1.60. The van der Waals surface area contributed by atoms with Crippen LogP contribution in [-0.2, 0) is 14.3 Å². The number of carbonyl (C=O) groups is 3. The van der Waals surface area contributed by atoms with E-state index in [0.717, 1.165) is 5.56 Å². The summed E-state index contributed by atoms with van der Waals surface area (Å²) < 4.78 is 5.17. The van der Waals surface area contributed by atoms with E-state index in [4.69, 9.17) is 4.74 Å². The highest BCUT2D eigenvalue weighted by molar-refractivity contribution is 5.96. The van der Waals surface area contributed by atoms with E-state index in [9.17, 15) is 14.4 Å². The number of hydrogen-bond acceptors (Lipinski definition) is 4. The van der Waals surface area contributed by atoms with E-state index in [1.165, 1.54) is 4.90 Å². The number of nitrogens with zero attached hydrogens (tertiary/aromatic N) is 1. The van der Waals surface area contributed by atoms with Crippen LogP contribution >= 0.6 is 0 Å². The fourth-order valence-electron chi connectivity index (χ4n) is 2.64. The van der Waals surface area contributed by atoms with Crippen LogP contribution < -0.4 is 10.6 Å². The van der Waals surface area contributed by atoms with Gasteiger partial charge in [0.1, 0.15) is 0 Å². The highest BCUT2D eigenvalue weighted by atomic mass is 16.5. The minimum Gasteiger partial charge on any atom is -0.463 e. The maximum absolute atomic E-state index is 12.5. The van der Waals surface area contributed by atoms with Crippen LogP contribution in [0.5, 0.6) is 0 Å². The van der Waals surface area contributed by atoms with E-state index in [1.807, 2.05) is 20.8 Å². The van der Waals surface area contributed by atoms with Gasteiger partial charge in [0, 0.05) is 23.8 Å². The number of nitrogens with one attached hydrogen (secondary N) is 2. The first kappa shape index (κ1) is 20.5. The molecule has 0 bridgehead atoms. The number of allylic oxidation sites excluding steroid dienone is 1. The second kappa shape index (κ2) is 7.82. The van der Waals surface area contributed by atoms with Crippen molar-refractivity contribution < 1.29 is 19.1 Å². The lowest BCUT2D eigenvalue weighted by atomic mass is 9.94. The first-order valence-corrected chi connectivity index (χ1v) is 8.89. The van der Waals surface area contributed by atoms with E-state index >= 15 is 0 Å². The molecular formula is C20H27N3O4. The predicted octanol–water partition coefficient (Wildman–Crippen LogP) is 3.20.